The number of hydrogen-bond acceptors (Lipinski definition) is 6. The number of carbonyl (C=O) groups is 1. The molecule has 0 fully saturated rings. The first-order valence-electron chi connectivity index (χ1n) is 10.1. The minimum Gasteiger partial charge on any atom is -0.302 e. The van der Waals surface area contributed by atoms with Gasteiger partial charge in [0.1, 0.15) is 5.56 Å². The summed E-state index contributed by atoms with van der Waals surface area (Å²) in [5.41, 5.74) is 2.69. The summed E-state index contributed by atoms with van der Waals surface area (Å²) in [5.74, 6) is -0.477. The highest BCUT2D eigenvalue weighted by atomic mass is 35.5. The van der Waals surface area contributed by atoms with Gasteiger partial charge in [0.2, 0.25) is 0 Å². The Balaban J connectivity index is 2.09. The molecule has 3 aromatic rings. The minimum atomic E-state index is -0.558. The van der Waals surface area contributed by atoms with Gasteiger partial charge in [0.05, 0.1) is 15.1 Å². The fourth-order valence-corrected chi connectivity index (χ4v) is 4.74. The number of benzene rings is 2. The van der Waals surface area contributed by atoms with Gasteiger partial charge >= 0.3 is 0 Å². The number of nitro benzene ring substituents is 1. The van der Waals surface area contributed by atoms with Gasteiger partial charge in [-0.2, -0.15) is 0 Å². The molecule has 3 rings (SSSR count). The molecule has 0 saturated heterocycles. The Morgan fingerprint density at radius 2 is 1.87 bits per heavy atom. The zero-order chi connectivity index (χ0) is 22.7. The summed E-state index contributed by atoms with van der Waals surface area (Å²) in [5, 5.41) is 12.3. The Morgan fingerprint density at radius 1 is 1.16 bits per heavy atom. The first-order valence-corrected chi connectivity index (χ1v) is 11.3. The Labute approximate surface area is 190 Å². The molecule has 1 aromatic heterocycles. The zero-order valence-electron chi connectivity index (χ0n) is 18.0. The largest absolute Gasteiger partial charge is 0.302 e. The van der Waals surface area contributed by atoms with Crippen LogP contribution in [0.5, 0.6) is 0 Å². The van der Waals surface area contributed by atoms with Crippen LogP contribution in [0, 0.1) is 24.0 Å². The Hall–Kier alpha value is -2.55. The van der Waals surface area contributed by atoms with E-state index in [0.717, 1.165) is 34.4 Å². The summed E-state index contributed by atoms with van der Waals surface area (Å²) in [6, 6.07) is 8.10. The van der Waals surface area contributed by atoms with Gasteiger partial charge in [-0.25, -0.2) is 4.98 Å². The lowest BCUT2D eigenvalue weighted by Gasteiger charge is -2.24. The maximum absolute atomic E-state index is 13.6. The van der Waals surface area contributed by atoms with Gasteiger partial charge in [-0.1, -0.05) is 42.9 Å². The third-order valence-electron chi connectivity index (χ3n) is 5.20. The van der Waals surface area contributed by atoms with Crippen LogP contribution in [0.1, 0.15) is 35.3 Å². The van der Waals surface area contributed by atoms with Gasteiger partial charge in [0.15, 0.2) is 5.13 Å². The highest BCUT2D eigenvalue weighted by Crippen LogP contribution is 2.34. The summed E-state index contributed by atoms with van der Waals surface area (Å²) in [4.78, 5) is 33.0. The van der Waals surface area contributed by atoms with Crippen molar-refractivity contribution in [2.75, 3.05) is 31.1 Å². The maximum atomic E-state index is 13.6. The highest BCUT2D eigenvalue weighted by Gasteiger charge is 2.28. The second kappa shape index (κ2) is 9.72. The molecule has 0 bridgehead atoms. The Kier molecular flexibility index (Phi) is 7.25. The molecule has 0 unspecified atom stereocenters. The van der Waals surface area contributed by atoms with Crippen LogP contribution in [0.3, 0.4) is 0 Å². The molecule has 2 aromatic carbocycles. The molecular weight excluding hydrogens is 436 g/mol. The van der Waals surface area contributed by atoms with E-state index in [1.165, 1.54) is 34.4 Å². The van der Waals surface area contributed by atoms with E-state index in [1.807, 2.05) is 19.9 Å². The standard InChI is InChI=1S/C22H25ClN4O3S/c1-5-25(6-2)9-10-26(21(28)17-13-16(23)7-8-19(17)27(29)30)22-24-18-12-14(3)11-15(4)20(18)31-22/h7-8,11-13H,5-6,9-10H2,1-4H3. The maximum Gasteiger partial charge on any atom is 0.282 e. The van der Waals surface area contributed by atoms with Crippen LogP contribution in [0.25, 0.3) is 10.2 Å². The number of hydrogen-bond donors (Lipinski definition) is 0. The van der Waals surface area contributed by atoms with Gasteiger partial charge < -0.3 is 4.90 Å². The van der Waals surface area contributed by atoms with Crippen molar-refractivity contribution >= 4 is 49.9 Å². The van der Waals surface area contributed by atoms with Gasteiger partial charge in [-0.3, -0.25) is 19.8 Å². The number of rotatable bonds is 8. The van der Waals surface area contributed by atoms with E-state index >= 15 is 0 Å². The number of carbonyl (C=O) groups excluding carboxylic acids is 1. The number of halogens is 1. The molecule has 31 heavy (non-hydrogen) atoms. The Bertz CT molecular complexity index is 1130. The number of nitrogens with zero attached hydrogens (tertiary/aromatic N) is 4. The average Bonchev–Trinajstić information content (AvgIpc) is 3.14. The number of anilines is 1. The molecule has 0 N–H and O–H groups in total. The van der Waals surface area contributed by atoms with E-state index in [0.29, 0.717) is 18.2 Å². The smallest absolute Gasteiger partial charge is 0.282 e. The molecule has 0 aliphatic heterocycles. The van der Waals surface area contributed by atoms with E-state index in [4.69, 9.17) is 16.6 Å². The van der Waals surface area contributed by atoms with Gasteiger partial charge in [-0.15, -0.1) is 0 Å². The van der Waals surface area contributed by atoms with Crippen LogP contribution in [0.4, 0.5) is 10.8 Å². The number of aryl methyl sites for hydroxylation is 2. The summed E-state index contributed by atoms with van der Waals surface area (Å²) < 4.78 is 1.00. The topological polar surface area (TPSA) is 79.6 Å². The van der Waals surface area contributed by atoms with Crippen LogP contribution in [0.15, 0.2) is 30.3 Å². The van der Waals surface area contributed by atoms with Gasteiger partial charge in [-0.05, 0) is 56.3 Å². The third kappa shape index (κ3) is 5.03. The molecule has 7 nitrogen and oxygen atoms in total. The number of fused-ring (bicyclic) bond motifs is 1. The first kappa shape index (κ1) is 23.1. The number of nitro groups is 1. The number of likely N-dealkylation sites (N-methyl/N-ethyl adjacent to an activating group) is 1. The van der Waals surface area contributed by atoms with Crippen molar-refractivity contribution in [2.24, 2.45) is 0 Å². The van der Waals surface area contributed by atoms with Crippen molar-refractivity contribution < 1.29 is 9.72 Å². The van der Waals surface area contributed by atoms with Crippen molar-refractivity contribution in [1.82, 2.24) is 9.88 Å². The van der Waals surface area contributed by atoms with E-state index < -0.39 is 10.8 Å². The molecule has 1 amide bonds. The molecule has 0 spiro atoms. The summed E-state index contributed by atoms with van der Waals surface area (Å²) in [6.07, 6.45) is 0. The van der Waals surface area contributed by atoms with Crippen molar-refractivity contribution in [2.45, 2.75) is 27.7 Å². The van der Waals surface area contributed by atoms with E-state index in [2.05, 4.69) is 24.8 Å². The predicted molar refractivity (Wildman–Crippen MR) is 127 cm³/mol. The molecule has 164 valence electrons. The first-order chi connectivity index (χ1) is 14.7. The van der Waals surface area contributed by atoms with E-state index in [9.17, 15) is 14.9 Å². The average molecular weight is 461 g/mol. The molecule has 0 radical (unpaired) electrons. The lowest BCUT2D eigenvalue weighted by molar-refractivity contribution is -0.385. The summed E-state index contributed by atoms with van der Waals surface area (Å²) in [6.45, 7) is 10.8. The molecule has 1 heterocycles. The van der Waals surface area contributed by atoms with Crippen molar-refractivity contribution in [1.29, 1.82) is 0 Å². The lowest BCUT2D eigenvalue weighted by atomic mass is 10.1. The zero-order valence-corrected chi connectivity index (χ0v) is 19.6. The fourth-order valence-electron chi connectivity index (χ4n) is 3.53. The predicted octanol–water partition coefficient (Wildman–Crippen LogP) is 5.46. The number of aromatic nitrogens is 1. The van der Waals surface area contributed by atoms with Crippen molar-refractivity contribution in [3.8, 4) is 0 Å². The molecule has 0 aliphatic rings. The second-order valence-corrected chi connectivity index (χ2v) is 8.74. The lowest BCUT2D eigenvalue weighted by Crippen LogP contribution is -2.39. The van der Waals surface area contributed by atoms with Crippen molar-refractivity contribution in [3.05, 3.63) is 62.2 Å². The van der Waals surface area contributed by atoms with Gasteiger partial charge in [0.25, 0.3) is 11.6 Å². The van der Waals surface area contributed by atoms with Crippen LogP contribution in [0.2, 0.25) is 5.02 Å². The minimum absolute atomic E-state index is 0.0378. The monoisotopic (exact) mass is 460 g/mol. The third-order valence-corrected chi connectivity index (χ3v) is 6.67. The van der Waals surface area contributed by atoms with Crippen LogP contribution >= 0.6 is 22.9 Å². The van der Waals surface area contributed by atoms with Crippen LogP contribution in [-0.2, 0) is 0 Å². The normalized spacial score (nSPS) is 11.3. The van der Waals surface area contributed by atoms with E-state index in [-0.39, 0.29) is 16.3 Å². The SMILES string of the molecule is CCN(CC)CCN(C(=O)c1cc(Cl)ccc1[N+](=O)[O-])c1nc2cc(C)cc(C)c2s1. The second-order valence-electron chi connectivity index (χ2n) is 7.33. The summed E-state index contributed by atoms with van der Waals surface area (Å²) >= 11 is 7.50. The molecule has 0 aliphatic carbocycles. The highest BCUT2D eigenvalue weighted by molar-refractivity contribution is 7.22. The number of amides is 1. The molecular formula is C22H25ClN4O3S. The molecule has 9 heteroatoms. The van der Waals surface area contributed by atoms with Gasteiger partial charge in [0, 0.05) is 24.2 Å². The summed E-state index contributed by atoms with van der Waals surface area (Å²) in [7, 11) is 0. The van der Waals surface area contributed by atoms with E-state index in [1.54, 1.807) is 0 Å². The molecule has 0 saturated carbocycles. The Morgan fingerprint density at radius 3 is 2.52 bits per heavy atom. The van der Waals surface area contributed by atoms with Crippen molar-refractivity contribution in [3.63, 3.8) is 0 Å². The number of thiazole rings is 1. The quantitative estimate of drug-likeness (QED) is 0.329. The fraction of sp³-hybridized carbons (Fsp3) is 0.364. The molecule has 0 atom stereocenters. The van der Waals surface area contributed by atoms with Crippen LogP contribution in [-0.4, -0.2) is 46.9 Å². The van der Waals surface area contributed by atoms with Crippen LogP contribution < -0.4 is 4.90 Å².